The fourth-order valence-corrected chi connectivity index (χ4v) is 2.60. The normalized spacial score (nSPS) is 10.4. The van der Waals surface area contributed by atoms with Gasteiger partial charge in [-0.3, -0.25) is 9.59 Å². The Labute approximate surface area is 178 Å². The monoisotopic (exact) mass is 429 g/mol. The Kier molecular flexibility index (Phi) is 10.8. The van der Waals surface area contributed by atoms with Gasteiger partial charge in [0.1, 0.15) is 0 Å². The fourth-order valence-electron chi connectivity index (χ4n) is 2.60. The Hall–Kier alpha value is -2.09. The minimum Gasteiger partial charge on any atom is -0.341 e. The van der Waals surface area contributed by atoms with Crippen molar-refractivity contribution in [3.8, 4) is 0 Å². The number of halogens is 2. The highest BCUT2D eigenvalue weighted by Crippen LogP contribution is 2.17. The molecule has 0 fully saturated rings. The lowest BCUT2D eigenvalue weighted by molar-refractivity contribution is -0.116. The Bertz CT molecular complexity index is 751. The van der Waals surface area contributed by atoms with Crippen LogP contribution in [0.4, 0.5) is 5.69 Å². The van der Waals surface area contributed by atoms with Gasteiger partial charge >= 0.3 is 0 Å². The van der Waals surface area contributed by atoms with Gasteiger partial charge in [0.05, 0.1) is 6.33 Å². The number of nitrogens with two attached hydrogens (primary N) is 1. The molecule has 0 aliphatic rings. The maximum absolute atomic E-state index is 12.6. The SMILES string of the molecule is CN(CC(C)(C)CN)C(=O)c1cccc(NC(=O)CCn2ccnc2)c1.Cl.Cl. The van der Waals surface area contributed by atoms with Crippen LogP contribution in [0, 0.1) is 5.41 Å². The third kappa shape index (κ3) is 7.88. The number of aromatic nitrogens is 2. The first kappa shape index (κ1) is 25.9. The summed E-state index contributed by atoms with van der Waals surface area (Å²) in [5.41, 5.74) is 6.74. The van der Waals surface area contributed by atoms with Gasteiger partial charge in [-0.1, -0.05) is 19.9 Å². The molecule has 0 unspecified atom stereocenters. The highest BCUT2D eigenvalue weighted by Gasteiger charge is 2.22. The Balaban J connectivity index is 0.00000364. The van der Waals surface area contributed by atoms with Crippen molar-refractivity contribution >= 4 is 42.3 Å². The van der Waals surface area contributed by atoms with Gasteiger partial charge in [0.25, 0.3) is 5.91 Å². The van der Waals surface area contributed by atoms with Crippen molar-refractivity contribution in [2.45, 2.75) is 26.8 Å². The molecule has 0 radical (unpaired) electrons. The second-order valence-electron chi connectivity index (χ2n) is 7.21. The number of hydrogen-bond donors (Lipinski definition) is 2. The molecular formula is C19H29Cl2N5O2. The van der Waals surface area contributed by atoms with E-state index in [9.17, 15) is 9.59 Å². The number of aryl methyl sites for hydroxylation is 1. The Morgan fingerprint density at radius 2 is 2.00 bits per heavy atom. The second kappa shape index (κ2) is 11.7. The number of anilines is 1. The molecule has 0 aliphatic heterocycles. The quantitative estimate of drug-likeness (QED) is 0.674. The van der Waals surface area contributed by atoms with E-state index in [1.54, 1.807) is 48.7 Å². The summed E-state index contributed by atoms with van der Waals surface area (Å²) in [4.78, 5) is 30.3. The van der Waals surface area contributed by atoms with E-state index < -0.39 is 0 Å². The number of hydrogen-bond acceptors (Lipinski definition) is 4. The molecule has 9 heteroatoms. The number of carbonyl (C=O) groups excluding carboxylic acids is 2. The molecule has 3 N–H and O–H groups in total. The maximum Gasteiger partial charge on any atom is 0.253 e. The van der Waals surface area contributed by atoms with Gasteiger partial charge in [-0.15, -0.1) is 24.8 Å². The summed E-state index contributed by atoms with van der Waals surface area (Å²) < 4.78 is 1.84. The van der Waals surface area contributed by atoms with Gasteiger partial charge in [0, 0.05) is 50.2 Å². The van der Waals surface area contributed by atoms with Gasteiger partial charge in [0.2, 0.25) is 5.91 Å². The first-order chi connectivity index (χ1) is 12.3. The van der Waals surface area contributed by atoms with E-state index in [0.717, 1.165) is 0 Å². The lowest BCUT2D eigenvalue weighted by atomic mass is 9.93. The predicted octanol–water partition coefficient (Wildman–Crippen LogP) is 2.81. The van der Waals surface area contributed by atoms with Gasteiger partial charge < -0.3 is 20.5 Å². The molecular weight excluding hydrogens is 401 g/mol. The average molecular weight is 430 g/mol. The molecule has 1 aromatic carbocycles. The van der Waals surface area contributed by atoms with Gasteiger partial charge in [0.15, 0.2) is 0 Å². The third-order valence-corrected chi connectivity index (χ3v) is 4.11. The minimum atomic E-state index is -0.149. The molecule has 0 spiro atoms. The molecule has 0 atom stereocenters. The first-order valence-corrected chi connectivity index (χ1v) is 8.62. The zero-order valence-corrected chi connectivity index (χ0v) is 18.1. The first-order valence-electron chi connectivity index (χ1n) is 8.62. The second-order valence-corrected chi connectivity index (χ2v) is 7.21. The minimum absolute atomic E-state index is 0. The van der Waals surface area contributed by atoms with Crippen molar-refractivity contribution < 1.29 is 9.59 Å². The van der Waals surface area contributed by atoms with E-state index in [1.807, 2.05) is 24.6 Å². The standard InChI is InChI=1S/C19H27N5O2.2ClH/c1-19(2,12-20)13-23(3)18(26)15-5-4-6-16(11-15)22-17(25)7-9-24-10-8-21-14-24;;/h4-6,8,10-11,14H,7,9,12-13,20H2,1-3H3,(H,22,25);2*1H. The molecule has 0 saturated heterocycles. The number of imidazole rings is 1. The van der Waals surface area contributed by atoms with Crippen molar-refractivity contribution in [2.24, 2.45) is 11.1 Å². The lowest BCUT2D eigenvalue weighted by Crippen LogP contribution is -2.39. The van der Waals surface area contributed by atoms with E-state index in [4.69, 9.17) is 5.73 Å². The molecule has 28 heavy (non-hydrogen) atoms. The lowest BCUT2D eigenvalue weighted by Gasteiger charge is -2.29. The number of benzene rings is 1. The Morgan fingerprint density at radius 3 is 2.61 bits per heavy atom. The number of nitrogens with one attached hydrogen (secondary N) is 1. The fraction of sp³-hybridized carbons (Fsp3) is 0.421. The molecule has 0 saturated carbocycles. The summed E-state index contributed by atoms with van der Waals surface area (Å²) in [6.45, 7) is 5.66. The summed E-state index contributed by atoms with van der Waals surface area (Å²) in [6.07, 6.45) is 5.49. The summed E-state index contributed by atoms with van der Waals surface area (Å²) in [7, 11) is 1.76. The highest BCUT2D eigenvalue weighted by atomic mass is 35.5. The van der Waals surface area contributed by atoms with Crippen LogP contribution in [-0.4, -0.2) is 46.4 Å². The average Bonchev–Trinajstić information content (AvgIpc) is 3.12. The van der Waals surface area contributed by atoms with Crippen LogP contribution in [0.3, 0.4) is 0 Å². The third-order valence-electron chi connectivity index (χ3n) is 4.11. The number of carbonyl (C=O) groups is 2. The van der Waals surface area contributed by atoms with Crippen molar-refractivity contribution in [3.05, 3.63) is 48.5 Å². The van der Waals surface area contributed by atoms with Crippen LogP contribution in [0.2, 0.25) is 0 Å². The van der Waals surface area contributed by atoms with Crippen LogP contribution in [0.1, 0.15) is 30.6 Å². The number of amides is 2. The topological polar surface area (TPSA) is 93.3 Å². The molecule has 2 amide bonds. The maximum atomic E-state index is 12.6. The van der Waals surface area contributed by atoms with Crippen LogP contribution in [0.15, 0.2) is 43.0 Å². The van der Waals surface area contributed by atoms with Gasteiger partial charge in [-0.2, -0.15) is 0 Å². The number of nitrogens with zero attached hydrogens (tertiary/aromatic N) is 3. The van der Waals surface area contributed by atoms with Gasteiger partial charge in [-0.25, -0.2) is 4.98 Å². The van der Waals surface area contributed by atoms with E-state index >= 15 is 0 Å². The van der Waals surface area contributed by atoms with Crippen LogP contribution in [0.25, 0.3) is 0 Å². The molecule has 7 nitrogen and oxygen atoms in total. The van der Waals surface area contributed by atoms with Crippen molar-refractivity contribution in [3.63, 3.8) is 0 Å². The summed E-state index contributed by atoms with van der Waals surface area (Å²) in [5, 5.41) is 2.83. The van der Waals surface area contributed by atoms with E-state index in [1.165, 1.54) is 0 Å². The summed E-state index contributed by atoms with van der Waals surface area (Å²) >= 11 is 0. The van der Waals surface area contributed by atoms with Crippen LogP contribution < -0.4 is 11.1 Å². The van der Waals surface area contributed by atoms with Crippen LogP contribution in [0.5, 0.6) is 0 Å². The van der Waals surface area contributed by atoms with Crippen molar-refractivity contribution in [1.29, 1.82) is 0 Å². The molecule has 1 aromatic heterocycles. The van der Waals surface area contributed by atoms with E-state index in [0.29, 0.717) is 37.3 Å². The summed E-state index contributed by atoms with van der Waals surface area (Å²) in [5.74, 6) is -0.207. The molecule has 0 bridgehead atoms. The molecule has 0 aliphatic carbocycles. The van der Waals surface area contributed by atoms with Crippen molar-refractivity contribution in [2.75, 3.05) is 25.5 Å². The number of rotatable bonds is 8. The van der Waals surface area contributed by atoms with Crippen molar-refractivity contribution in [1.82, 2.24) is 14.5 Å². The largest absolute Gasteiger partial charge is 0.341 e. The predicted molar refractivity (Wildman–Crippen MR) is 116 cm³/mol. The van der Waals surface area contributed by atoms with Crippen LogP contribution in [-0.2, 0) is 11.3 Å². The van der Waals surface area contributed by atoms with E-state index in [2.05, 4.69) is 10.3 Å². The highest BCUT2D eigenvalue weighted by molar-refractivity contribution is 5.97. The zero-order chi connectivity index (χ0) is 19.2. The summed E-state index contributed by atoms with van der Waals surface area (Å²) in [6, 6.07) is 6.98. The van der Waals surface area contributed by atoms with E-state index in [-0.39, 0.29) is 42.0 Å². The molecule has 1 heterocycles. The van der Waals surface area contributed by atoms with Gasteiger partial charge in [-0.05, 0) is 30.2 Å². The van der Waals surface area contributed by atoms with Crippen LogP contribution >= 0.6 is 24.8 Å². The molecule has 2 rings (SSSR count). The smallest absolute Gasteiger partial charge is 0.253 e. The zero-order valence-electron chi connectivity index (χ0n) is 16.4. The Morgan fingerprint density at radius 1 is 1.29 bits per heavy atom. The molecule has 156 valence electrons. The molecule has 2 aromatic rings.